The summed E-state index contributed by atoms with van der Waals surface area (Å²) in [5.41, 5.74) is 1.02. The van der Waals surface area contributed by atoms with Gasteiger partial charge in [0.2, 0.25) is 10.0 Å². The van der Waals surface area contributed by atoms with Crippen LogP contribution in [0, 0.1) is 12.3 Å². The SMILES string of the molecule is C#CCn1c(=NC(=O)c2ccc(S(=O)(=O)N(CCC)CCC)cc2)sc2cccc(Cl)c21. The average Bonchev–Trinajstić information content (AvgIpc) is 3.12. The van der Waals surface area contributed by atoms with Crippen molar-refractivity contribution in [1.82, 2.24) is 8.87 Å². The van der Waals surface area contributed by atoms with Crippen molar-refractivity contribution in [2.75, 3.05) is 13.1 Å². The van der Waals surface area contributed by atoms with Crippen molar-refractivity contribution >= 4 is 49.1 Å². The Labute approximate surface area is 197 Å². The molecule has 0 atom stereocenters. The number of nitrogens with zero attached hydrogens (tertiary/aromatic N) is 3. The van der Waals surface area contributed by atoms with Gasteiger partial charge in [-0.15, -0.1) is 6.42 Å². The number of halogens is 1. The van der Waals surface area contributed by atoms with Crippen LogP contribution in [0.5, 0.6) is 0 Å². The van der Waals surface area contributed by atoms with Crippen LogP contribution in [-0.2, 0) is 16.6 Å². The van der Waals surface area contributed by atoms with Crippen LogP contribution in [-0.4, -0.2) is 36.3 Å². The van der Waals surface area contributed by atoms with E-state index >= 15 is 0 Å². The molecular formula is C23H24ClN3O3S2. The Balaban J connectivity index is 1.97. The first-order valence-electron chi connectivity index (χ1n) is 10.2. The Bertz CT molecular complexity index is 1330. The third kappa shape index (κ3) is 4.97. The Hall–Kier alpha value is -2.44. The maximum atomic E-state index is 12.9. The lowest BCUT2D eigenvalue weighted by Gasteiger charge is -2.21. The van der Waals surface area contributed by atoms with Gasteiger partial charge in [0.15, 0.2) is 4.80 Å². The van der Waals surface area contributed by atoms with E-state index in [0.717, 1.165) is 23.1 Å². The summed E-state index contributed by atoms with van der Waals surface area (Å²) in [6.07, 6.45) is 6.96. The molecule has 0 aliphatic heterocycles. The second kappa shape index (κ2) is 10.5. The highest BCUT2D eigenvalue weighted by atomic mass is 35.5. The van der Waals surface area contributed by atoms with Crippen LogP contribution in [0.25, 0.3) is 10.2 Å². The molecule has 0 saturated carbocycles. The number of hydrogen-bond acceptors (Lipinski definition) is 4. The van der Waals surface area contributed by atoms with Gasteiger partial charge in [0, 0.05) is 18.7 Å². The molecule has 0 unspecified atom stereocenters. The van der Waals surface area contributed by atoms with Crippen molar-refractivity contribution in [2.45, 2.75) is 38.1 Å². The maximum absolute atomic E-state index is 12.9. The summed E-state index contributed by atoms with van der Waals surface area (Å²) < 4.78 is 29.9. The number of amides is 1. The number of terminal acetylenes is 1. The lowest BCUT2D eigenvalue weighted by atomic mass is 10.2. The molecule has 32 heavy (non-hydrogen) atoms. The highest BCUT2D eigenvalue weighted by Crippen LogP contribution is 2.25. The number of carbonyl (C=O) groups excluding carboxylic acids is 1. The fraction of sp³-hybridized carbons (Fsp3) is 0.304. The minimum absolute atomic E-state index is 0.159. The molecule has 0 bridgehead atoms. The molecule has 0 N–H and O–H groups in total. The molecule has 2 aromatic carbocycles. The first-order chi connectivity index (χ1) is 15.3. The van der Waals surface area contributed by atoms with Gasteiger partial charge in [-0.3, -0.25) is 4.79 Å². The van der Waals surface area contributed by atoms with E-state index in [1.165, 1.54) is 39.9 Å². The molecule has 0 radical (unpaired) electrons. The Morgan fingerprint density at radius 1 is 1.16 bits per heavy atom. The lowest BCUT2D eigenvalue weighted by Crippen LogP contribution is -2.32. The minimum atomic E-state index is -3.61. The molecule has 168 valence electrons. The van der Waals surface area contributed by atoms with Gasteiger partial charge in [-0.25, -0.2) is 8.42 Å². The molecule has 3 aromatic rings. The van der Waals surface area contributed by atoms with Gasteiger partial charge in [-0.1, -0.05) is 48.8 Å². The number of thiazole rings is 1. The highest BCUT2D eigenvalue weighted by molar-refractivity contribution is 7.89. The molecule has 0 fully saturated rings. The predicted octanol–water partition coefficient (Wildman–Crippen LogP) is 4.54. The van der Waals surface area contributed by atoms with Gasteiger partial charge < -0.3 is 4.57 Å². The van der Waals surface area contributed by atoms with E-state index in [1.807, 2.05) is 26.0 Å². The molecule has 1 heterocycles. The molecule has 6 nitrogen and oxygen atoms in total. The summed E-state index contributed by atoms with van der Waals surface area (Å²) >= 11 is 7.64. The van der Waals surface area contributed by atoms with Crippen LogP contribution in [0.1, 0.15) is 37.0 Å². The topological polar surface area (TPSA) is 71.7 Å². The fourth-order valence-electron chi connectivity index (χ4n) is 3.33. The Morgan fingerprint density at radius 3 is 2.41 bits per heavy atom. The number of rotatable bonds is 8. The second-order valence-electron chi connectivity index (χ2n) is 7.11. The van der Waals surface area contributed by atoms with Gasteiger partial charge in [0.05, 0.1) is 26.7 Å². The van der Waals surface area contributed by atoms with E-state index in [-0.39, 0.29) is 17.0 Å². The standard InChI is InChI=1S/C23H24ClN3O3S2/c1-4-14-26(15-5-2)32(29,30)18-12-10-17(11-13-18)22(28)25-23-27(16-6-3)21-19(24)8-7-9-20(21)31-23/h3,7-13H,4-5,14-16H2,1-2H3. The number of aromatic nitrogens is 1. The van der Waals surface area contributed by atoms with E-state index in [2.05, 4.69) is 10.9 Å². The number of hydrogen-bond donors (Lipinski definition) is 0. The normalized spacial score (nSPS) is 12.4. The smallest absolute Gasteiger partial charge is 0.279 e. The zero-order chi connectivity index (χ0) is 23.3. The summed E-state index contributed by atoms with van der Waals surface area (Å²) in [6.45, 7) is 5.01. The van der Waals surface area contributed by atoms with Crippen molar-refractivity contribution in [3.8, 4) is 12.3 Å². The molecule has 0 spiro atoms. The Morgan fingerprint density at radius 2 is 1.81 bits per heavy atom. The van der Waals surface area contributed by atoms with Gasteiger partial charge in [0.1, 0.15) is 0 Å². The summed E-state index contributed by atoms with van der Waals surface area (Å²) in [5, 5.41) is 0.529. The van der Waals surface area contributed by atoms with Gasteiger partial charge >= 0.3 is 0 Å². The zero-order valence-corrected chi connectivity index (χ0v) is 20.3. The van der Waals surface area contributed by atoms with Gasteiger partial charge in [-0.2, -0.15) is 9.30 Å². The summed E-state index contributed by atoms with van der Waals surface area (Å²) in [5.74, 6) is 2.08. The Kier molecular flexibility index (Phi) is 7.91. The van der Waals surface area contributed by atoms with Crippen LogP contribution in [0.3, 0.4) is 0 Å². The van der Waals surface area contributed by atoms with Crippen molar-refractivity contribution in [3.63, 3.8) is 0 Å². The average molecular weight is 490 g/mol. The second-order valence-corrected chi connectivity index (χ2v) is 10.5. The monoisotopic (exact) mass is 489 g/mol. The van der Waals surface area contributed by atoms with E-state index < -0.39 is 15.9 Å². The molecular weight excluding hydrogens is 466 g/mol. The van der Waals surface area contributed by atoms with Crippen LogP contribution in [0.2, 0.25) is 5.02 Å². The largest absolute Gasteiger partial charge is 0.303 e. The maximum Gasteiger partial charge on any atom is 0.279 e. The third-order valence-corrected chi connectivity index (χ3v) is 8.04. The molecule has 0 saturated heterocycles. The van der Waals surface area contributed by atoms with Crippen molar-refractivity contribution < 1.29 is 13.2 Å². The van der Waals surface area contributed by atoms with Crippen LogP contribution < -0.4 is 4.80 Å². The quantitative estimate of drug-likeness (QED) is 0.436. The lowest BCUT2D eigenvalue weighted by molar-refractivity contribution is 0.0998. The third-order valence-electron chi connectivity index (χ3n) is 4.78. The van der Waals surface area contributed by atoms with E-state index in [1.54, 1.807) is 10.6 Å². The van der Waals surface area contributed by atoms with Crippen LogP contribution in [0.15, 0.2) is 52.4 Å². The predicted molar refractivity (Wildman–Crippen MR) is 129 cm³/mol. The number of benzene rings is 2. The minimum Gasteiger partial charge on any atom is -0.303 e. The first-order valence-corrected chi connectivity index (χ1v) is 12.9. The van der Waals surface area contributed by atoms with E-state index in [9.17, 15) is 13.2 Å². The molecule has 0 aliphatic carbocycles. The van der Waals surface area contributed by atoms with Crippen LogP contribution in [0.4, 0.5) is 0 Å². The molecule has 3 rings (SSSR count). The molecule has 0 aliphatic rings. The molecule has 1 aromatic heterocycles. The fourth-order valence-corrected chi connectivity index (χ4v) is 6.34. The van der Waals surface area contributed by atoms with E-state index in [4.69, 9.17) is 18.0 Å². The number of fused-ring (bicyclic) bond motifs is 1. The van der Waals surface area contributed by atoms with Gasteiger partial charge in [0.25, 0.3) is 5.91 Å². The summed E-state index contributed by atoms with van der Waals surface area (Å²) in [7, 11) is -3.61. The van der Waals surface area contributed by atoms with E-state index in [0.29, 0.717) is 22.9 Å². The molecule has 9 heteroatoms. The zero-order valence-electron chi connectivity index (χ0n) is 17.9. The van der Waals surface area contributed by atoms with Crippen molar-refractivity contribution in [2.24, 2.45) is 4.99 Å². The van der Waals surface area contributed by atoms with Gasteiger partial charge in [-0.05, 0) is 49.2 Å². The number of para-hydroxylation sites is 1. The van der Waals surface area contributed by atoms with Crippen molar-refractivity contribution in [3.05, 3.63) is 57.9 Å². The summed E-state index contributed by atoms with van der Waals surface area (Å²) in [6, 6.07) is 11.4. The number of sulfonamides is 1. The first kappa shape index (κ1) is 24.2. The summed E-state index contributed by atoms with van der Waals surface area (Å²) in [4.78, 5) is 17.6. The number of carbonyl (C=O) groups is 1. The highest BCUT2D eigenvalue weighted by Gasteiger charge is 2.23. The van der Waals surface area contributed by atoms with Crippen LogP contribution >= 0.6 is 22.9 Å². The van der Waals surface area contributed by atoms with Crippen molar-refractivity contribution in [1.29, 1.82) is 0 Å². The molecule has 1 amide bonds.